The third kappa shape index (κ3) is 1.55. The molecule has 0 atom stereocenters. The van der Waals surface area contributed by atoms with Crippen LogP contribution < -0.4 is 0 Å². The van der Waals surface area contributed by atoms with Gasteiger partial charge in [0.25, 0.3) is 5.69 Å². The smallest absolute Gasteiger partial charge is 0.258 e. The average molecular weight is 182 g/mol. The molecule has 0 aliphatic carbocycles. The molecule has 1 rings (SSSR count). The third-order valence-electron chi connectivity index (χ3n) is 1.32. The molecule has 0 saturated heterocycles. The molecule has 0 spiro atoms. The zero-order valence-electron chi connectivity index (χ0n) is 5.95. The summed E-state index contributed by atoms with van der Waals surface area (Å²) in [7, 11) is 0. The van der Waals surface area contributed by atoms with Gasteiger partial charge in [0.05, 0.1) is 9.95 Å². The number of benzene rings is 1. The Morgan fingerprint density at radius 3 is 2.67 bits per heavy atom. The monoisotopic (exact) mass is 181 g/mol. The molecule has 0 amide bonds. The van der Waals surface area contributed by atoms with E-state index in [4.69, 9.17) is 18.0 Å². The van der Waals surface area contributed by atoms with Gasteiger partial charge >= 0.3 is 0 Å². The van der Waals surface area contributed by atoms with Crippen LogP contribution in [0.4, 0.5) is 5.69 Å². The second kappa shape index (κ2) is 3.24. The first-order valence-corrected chi connectivity index (χ1v) is 3.43. The van der Waals surface area contributed by atoms with Gasteiger partial charge in [-0.1, -0.05) is 17.5 Å². The van der Waals surface area contributed by atoms with Crippen molar-refractivity contribution in [1.82, 2.24) is 0 Å². The SMILES string of the molecule is C#Cc1ccc([N+](=O)[O-])cc1Cl. The highest BCUT2D eigenvalue weighted by Gasteiger charge is 2.07. The lowest BCUT2D eigenvalue weighted by molar-refractivity contribution is -0.384. The van der Waals surface area contributed by atoms with Crippen LogP contribution in [0.15, 0.2) is 18.2 Å². The zero-order valence-corrected chi connectivity index (χ0v) is 6.71. The Hall–Kier alpha value is -1.53. The van der Waals surface area contributed by atoms with Crippen LogP contribution >= 0.6 is 11.6 Å². The molecule has 0 radical (unpaired) electrons. The second-order valence-electron chi connectivity index (χ2n) is 2.07. The maximum atomic E-state index is 10.2. The largest absolute Gasteiger partial charge is 0.271 e. The van der Waals surface area contributed by atoms with Gasteiger partial charge in [0, 0.05) is 17.7 Å². The van der Waals surface area contributed by atoms with Crippen molar-refractivity contribution in [1.29, 1.82) is 0 Å². The van der Waals surface area contributed by atoms with E-state index in [9.17, 15) is 10.1 Å². The van der Waals surface area contributed by atoms with Gasteiger partial charge in [-0.05, 0) is 6.07 Å². The van der Waals surface area contributed by atoms with Crippen molar-refractivity contribution in [2.75, 3.05) is 0 Å². The minimum atomic E-state index is -0.522. The Balaban J connectivity index is 3.21. The highest BCUT2D eigenvalue weighted by atomic mass is 35.5. The van der Waals surface area contributed by atoms with E-state index in [1.54, 1.807) is 0 Å². The van der Waals surface area contributed by atoms with E-state index in [2.05, 4.69) is 5.92 Å². The molecular formula is C8H4ClNO2. The molecule has 0 bridgehead atoms. The molecule has 0 fully saturated rings. The summed E-state index contributed by atoms with van der Waals surface area (Å²) in [6.45, 7) is 0. The van der Waals surface area contributed by atoms with Crippen molar-refractivity contribution >= 4 is 17.3 Å². The van der Waals surface area contributed by atoms with Gasteiger partial charge < -0.3 is 0 Å². The van der Waals surface area contributed by atoms with Crippen LogP contribution in [-0.2, 0) is 0 Å². The topological polar surface area (TPSA) is 43.1 Å². The number of halogens is 1. The Morgan fingerprint density at radius 1 is 1.58 bits per heavy atom. The first-order valence-electron chi connectivity index (χ1n) is 3.05. The number of nitrogens with zero attached hydrogens (tertiary/aromatic N) is 1. The highest BCUT2D eigenvalue weighted by Crippen LogP contribution is 2.21. The van der Waals surface area contributed by atoms with Crippen LogP contribution in [0.5, 0.6) is 0 Å². The summed E-state index contributed by atoms with van der Waals surface area (Å²) < 4.78 is 0. The standard InChI is InChI=1S/C8H4ClNO2/c1-2-6-3-4-7(10(11)12)5-8(6)9/h1,3-5H. The van der Waals surface area contributed by atoms with E-state index < -0.39 is 4.92 Å². The number of hydrogen-bond acceptors (Lipinski definition) is 2. The van der Waals surface area contributed by atoms with Crippen LogP contribution in [0, 0.1) is 22.5 Å². The molecule has 0 aromatic heterocycles. The molecule has 0 heterocycles. The van der Waals surface area contributed by atoms with E-state index in [-0.39, 0.29) is 10.7 Å². The maximum Gasteiger partial charge on any atom is 0.271 e. The summed E-state index contributed by atoms with van der Waals surface area (Å²) in [6.07, 6.45) is 5.07. The number of nitro benzene ring substituents is 1. The van der Waals surface area contributed by atoms with Crippen molar-refractivity contribution in [2.24, 2.45) is 0 Å². The van der Waals surface area contributed by atoms with E-state index >= 15 is 0 Å². The molecule has 4 heteroatoms. The summed E-state index contributed by atoms with van der Waals surface area (Å²) in [6, 6.07) is 4.00. The Labute approximate surface area is 74.1 Å². The number of hydrogen-bond donors (Lipinski definition) is 0. The molecule has 0 N–H and O–H groups in total. The van der Waals surface area contributed by atoms with Crippen LogP contribution in [0.1, 0.15) is 5.56 Å². The van der Waals surface area contributed by atoms with E-state index in [1.807, 2.05) is 0 Å². The van der Waals surface area contributed by atoms with Gasteiger partial charge in [0.15, 0.2) is 0 Å². The lowest BCUT2D eigenvalue weighted by Crippen LogP contribution is -1.88. The van der Waals surface area contributed by atoms with Gasteiger partial charge in [-0.3, -0.25) is 10.1 Å². The van der Waals surface area contributed by atoms with Gasteiger partial charge in [0.1, 0.15) is 0 Å². The molecule has 0 unspecified atom stereocenters. The van der Waals surface area contributed by atoms with Gasteiger partial charge in [-0.2, -0.15) is 0 Å². The van der Waals surface area contributed by atoms with Crippen molar-refractivity contribution in [3.63, 3.8) is 0 Å². The van der Waals surface area contributed by atoms with Gasteiger partial charge in [-0.25, -0.2) is 0 Å². The van der Waals surface area contributed by atoms with Gasteiger partial charge in [-0.15, -0.1) is 6.42 Å². The van der Waals surface area contributed by atoms with Crippen LogP contribution in [0.3, 0.4) is 0 Å². The summed E-state index contributed by atoms with van der Waals surface area (Å²) in [5.41, 5.74) is 0.404. The Kier molecular flexibility index (Phi) is 2.32. The molecule has 1 aromatic carbocycles. The summed E-state index contributed by atoms with van der Waals surface area (Å²) in [5.74, 6) is 2.31. The predicted molar refractivity (Wildman–Crippen MR) is 46.0 cm³/mol. The molecule has 0 aliphatic rings. The normalized spacial score (nSPS) is 9.00. The minimum absolute atomic E-state index is 0.0565. The van der Waals surface area contributed by atoms with Crippen molar-refractivity contribution in [2.45, 2.75) is 0 Å². The fraction of sp³-hybridized carbons (Fsp3) is 0. The number of terminal acetylenes is 1. The van der Waals surface area contributed by atoms with E-state index in [0.717, 1.165) is 0 Å². The lowest BCUT2D eigenvalue weighted by atomic mass is 10.2. The molecule has 0 saturated carbocycles. The highest BCUT2D eigenvalue weighted by molar-refractivity contribution is 6.31. The van der Waals surface area contributed by atoms with Crippen LogP contribution in [0.2, 0.25) is 5.02 Å². The third-order valence-corrected chi connectivity index (χ3v) is 1.63. The van der Waals surface area contributed by atoms with Gasteiger partial charge in [0.2, 0.25) is 0 Å². The van der Waals surface area contributed by atoms with E-state index in [0.29, 0.717) is 5.56 Å². The lowest BCUT2D eigenvalue weighted by Gasteiger charge is -1.94. The molecule has 0 aliphatic heterocycles. The predicted octanol–water partition coefficient (Wildman–Crippen LogP) is 2.23. The van der Waals surface area contributed by atoms with Crippen molar-refractivity contribution < 1.29 is 4.92 Å². The molecule has 1 aromatic rings. The second-order valence-corrected chi connectivity index (χ2v) is 2.47. The quantitative estimate of drug-likeness (QED) is 0.379. The first kappa shape index (κ1) is 8.57. The fourth-order valence-corrected chi connectivity index (χ4v) is 0.964. The average Bonchev–Trinajstić information content (AvgIpc) is 2.04. The molecule has 3 nitrogen and oxygen atoms in total. The number of non-ortho nitro benzene ring substituents is 1. The Bertz CT molecular complexity index is 368. The first-order chi connectivity index (χ1) is 5.65. The van der Waals surface area contributed by atoms with E-state index in [1.165, 1.54) is 18.2 Å². The molecule has 60 valence electrons. The number of nitro groups is 1. The van der Waals surface area contributed by atoms with Crippen LogP contribution in [0.25, 0.3) is 0 Å². The Morgan fingerprint density at radius 2 is 2.25 bits per heavy atom. The van der Waals surface area contributed by atoms with Crippen molar-refractivity contribution in [3.8, 4) is 12.3 Å². The zero-order chi connectivity index (χ0) is 9.14. The van der Waals surface area contributed by atoms with Crippen LogP contribution in [-0.4, -0.2) is 4.92 Å². The number of rotatable bonds is 1. The molecule has 12 heavy (non-hydrogen) atoms. The minimum Gasteiger partial charge on any atom is -0.258 e. The summed E-state index contributed by atoms with van der Waals surface area (Å²) in [4.78, 5) is 9.73. The van der Waals surface area contributed by atoms with Crippen molar-refractivity contribution in [3.05, 3.63) is 38.9 Å². The summed E-state index contributed by atoms with van der Waals surface area (Å²) >= 11 is 5.63. The maximum absolute atomic E-state index is 10.2. The summed E-state index contributed by atoms with van der Waals surface area (Å²) in [5, 5.41) is 10.5. The fourth-order valence-electron chi connectivity index (χ4n) is 0.735. The molecular weight excluding hydrogens is 178 g/mol.